The molecule has 102 valence electrons. The molecule has 0 spiro atoms. The fourth-order valence-corrected chi connectivity index (χ4v) is 3.04. The Bertz CT molecular complexity index is 513. The zero-order chi connectivity index (χ0) is 13.7. The summed E-state index contributed by atoms with van der Waals surface area (Å²) in [6, 6.07) is 9.02. The van der Waals surface area contributed by atoms with Crippen LogP contribution >= 0.6 is 22.9 Å². The molecular weight excluding hydrogens is 281 g/mol. The summed E-state index contributed by atoms with van der Waals surface area (Å²) in [5.74, 6) is -0.289. The van der Waals surface area contributed by atoms with Gasteiger partial charge >= 0.3 is 0 Å². The Morgan fingerprint density at radius 3 is 2.84 bits per heavy atom. The fourth-order valence-electron chi connectivity index (χ4n) is 1.99. The van der Waals surface area contributed by atoms with Gasteiger partial charge in [-0.15, -0.1) is 11.3 Å². The fraction of sp³-hybridized carbons (Fsp3) is 0.333. The van der Waals surface area contributed by atoms with Gasteiger partial charge in [0.25, 0.3) is 0 Å². The van der Waals surface area contributed by atoms with Crippen LogP contribution in [0.1, 0.15) is 29.8 Å². The third-order valence-corrected chi connectivity index (χ3v) is 4.30. The first kappa shape index (κ1) is 14.5. The minimum Gasteiger partial charge on any atom is -0.309 e. The Hall–Kier alpha value is -0.900. The molecule has 2 rings (SSSR count). The SMILES string of the molecule is CCCNC(Cc1ccc(F)cc1Cl)c1cccs1. The number of rotatable bonds is 6. The van der Waals surface area contributed by atoms with Gasteiger partial charge in [0, 0.05) is 15.9 Å². The van der Waals surface area contributed by atoms with E-state index in [2.05, 4.69) is 23.7 Å². The van der Waals surface area contributed by atoms with Crippen molar-refractivity contribution in [2.75, 3.05) is 6.54 Å². The maximum absolute atomic E-state index is 13.1. The number of hydrogen-bond donors (Lipinski definition) is 1. The van der Waals surface area contributed by atoms with Crippen LogP contribution < -0.4 is 5.32 Å². The highest BCUT2D eigenvalue weighted by atomic mass is 35.5. The number of benzene rings is 1. The molecule has 2 aromatic rings. The average Bonchev–Trinajstić information content (AvgIpc) is 2.90. The van der Waals surface area contributed by atoms with Gasteiger partial charge in [0.15, 0.2) is 0 Å². The Balaban J connectivity index is 2.15. The highest BCUT2D eigenvalue weighted by Gasteiger charge is 2.14. The van der Waals surface area contributed by atoms with Gasteiger partial charge < -0.3 is 5.32 Å². The van der Waals surface area contributed by atoms with Crippen molar-refractivity contribution in [3.63, 3.8) is 0 Å². The smallest absolute Gasteiger partial charge is 0.124 e. The van der Waals surface area contributed by atoms with Crippen LogP contribution in [0.3, 0.4) is 0 Å². The molecule has 0 aliphatic carbocycles. The molecule has 1 atom stereocenters. The zero-order valence-corrected chi connectivity index (χ0v) is 12.4. The predicted molar refractivity (Wildman–Crippen MR) is 80.5 cm³/mol. The van der Waals surface area contributed by atoms with E-state index >= 15 is 0 Å². The third kappa shape index (κ3) is 4.03. The molecule has 0 aliphatic rings. The van der Waals surface area contributed by atoms with Gasteiger partial charge in [-0.3, -0.25) is 0 Å². The van der Waals surface area contributed by atoms with Gasteiger partial charge in [-0.25, -0.2) is 4.39 Å². The molecule has 19 heavy (non-hydrogen) atoms. The number of halogens is 2. The van der Waals surface area contributed by atoms with Crippen molar-refractivity contribution in [1.82, 2.24) is 5.32 Å². The maximum Gasteiger partial charge on any atom is 0.124 e. The molecule has 0 fully saturated rings. The van der Waals surface area contributed by atoms with E-state index in [1.807, 2.05) is 6.07 Å². The van der Waals surface area contributed by atoms with Crippen molar-refractivity contribution >= 4 is 22.9 Å². The van der Waals surface area contributed by atoms with Gasteiger partial charge in [-0.1, -0.05) is 30.7 Å². The minimum atomic E-state index is -0.289. The normalized spacial score (nSPS) is 12.6. The van der Waals surface area contributed by atoms with E-state index in [1.54, 1.807) is 17.4 Å². The lowest BCUT2D eigenvalue weighted by Crippen LogP contribution is -2.23. The summed E-state index contributed by atoms with van der Waals surface area (Å²) in [7, 11) is 0. The Morgan fingerprint density at radius 1 is 1.37 bits per heavy atom. The topological polar surface area (TPSA) is 12.0 Å². The highest BCUT2D eigenvalue weighted by molar-refractivity contribution is 7.10. The van der Waals surface area contributed by atoms with Crippen LogP contribution in [0.15, 0.2) is 35.7 Å². The lowest BCUT2D eigenvalue weighted by molar-refractivity contribution is 0.536. The van der Waals surface area contributed by atoms with Gasteiger partial charge in [0.2, 0.25) is 0 Å². The van der Waals surface area contributed by atoms with E-state index in [4.69, 9.17) is 11.6 Å². The van der Waals surface area contributed by atoms with Gasteiger partial charge in [0.1, 0.15) is 5.82 Å². The third-order valence-electron chi connectivity index (χ3n) is 2.97. The summed E-state index contributed by atoms with van der Waals surface area (Å²) in [4.78, 5) is 1.29. The maximum atomic E-state index is 13.1. The van der Waals surface area contributed by atoms with Crippen LogP contribution in [0, 0.1) is 5.82 Å². The van der Waals surface area contributed by atoms with Crippen LogP contribution in [0.25, 0.3) is 0 Å². The predicted octanol–water partition coefficient (Wildman–Crippen LogP) is 4.82. The quantitative estimate of drug-likeness (QED) is 0.806. The summed E-state index contributed by atoms with van der Waals surface area (Å²) in [6.45, 7) is 3.10. The van der Waals surface area contributed by atoms with Crippen molar-refractivity contribution in [2.24, 2.45) is 0 Å². The molecule has 0 aliphatic heterocycles. The lowest BCUT2D eigenvalue weighted by atomic mass is 10.0. The minimum absolute atomic E-state index is 0.239. The van der Waals surface area contributed by atoms with Crippen molar-refractivity contribution in [3.05, 3.63) is 57.0 Å². The molecule has 1 aromatic carbocycles. The molecule has 1 N–H and O–H groups in total. The van der Waals surface area contributed by atoms with Crippen molar-refractivity contribution in [3.8, 4) is 0 Å². The summed E-state index contributed by atoms with van der Waals surface area (Å²) in [6.07, 6.45) is 1.86. The van der Waals surface area contributed by atoms with E-state index < -0.39 is 0 Å². The van der Waals surface area contributed by atoms with Gasteiger partial charge in [0.05, 0.1) is 0 Å². The van der Waals surface area contributed by atoms with E-state index in [0.717, 1.165) is 24.9 Å². The van der Waals surface area contributed by atoms with Crippen LogP contribution in [0.4, 0.5) is 4.39 Å². The van der Waals surface area contributed by atoms with Crippen LogP contribution in [-0.2, 0) is 6.42 Å². The first-order valence-corrected chi connectivity index (χ1v) is 7.67. The molecule has 0 radical (unpaired) electrons. The first-order valence-electron chi connectivity index (χ1n) is 6.41. The molecule has 1 unspecified atom stereocenters. The second-order valence-corrected chi connectivity index (χ2v) is 5.85. The summed E-state index contributed by atoms with van der Waals surface area (Å²) >= 11 is 7.83. The Kier molecular flexibility index (Phi) is 5.37. The summed E-state index contributed by atoms with van der Waals surface area (Å²) in [5, 5.41) is 6.09. The highest BCUT2D eigenvalue weighted by Crippen LogP contribution is 2.26. The van der Waals surface area contributed by atoms with Crippen molar-refractivity contribution in [1.29, 1.82) is 0 Å². The molecule has 1 aromatic heterocycles. The summed E-state index contributed by atoms with van der Waals surface area (Å²) in [5.41, 5.74) is 0.977. The molecular formula is C15H17ClFNS. The van der Waals surface area contributed by atoms with Crippen molar-refractivity contribution in [2.45, 2.75) is 25.8 Å². The molecule has 0 bridgehead atoms. The van der Waals surface area contributed by atoms with Crippen LogP contribution in [0.2, 0.25) is 5.02 Å². The number of nitrogens with one attached hydrogen (secondary N) is 1. The molecule has 0 saturated heterocycles. The molecule has 0 saturated carbocycles. The summed E-state index contributed by atoms with van der Waals surface area (Å²) < 4.78 is 13.1. The van der Waals surface area contributed by atoms with Crippen molar-refractivity contribution < 1.29 is 4.39 Å². The van der Waals surface area contributed by atoms with E-state index in [9.17, 15) is 4.39 Å². The Labute approximate surface area is 122 Å². The van der Waals surface area contributed by atoms with Gasteiger partial charge in [-0.2, -0.15) is 0 Å². The van der Waals surface area contributed by atoms with E-state index in [-0.39, 0.29) is 11.9 Å². The largest absolute Gasteiger partial charge is 0.309 e. The molecule has 0 amide bonds. The number of thiophene rings is 1. The second kappa shape index (κ2) is 7.04. The molecule has 1 nitrogen and oxygen atoms in total. The van der Waals surface area contributed by atoms with E-state index in [1.165, 1.54) is 17.0 Å². The van der Waals surface area contributed by atoms with Crippen LogP contribution in [-0.4, -0.2) is 6.54 Å². The first-order chi connectivity index (χ1) is 9.20. The number of hydrogen-bond acceptors (Lipinski definition) is 2. The van der Waals surface area contributed by atoms with E-state index in [0.29, 0.717) is 5.02 Å². The average molecular weight is 298 g/mol. The molecule has 1 heterocycles. The molecule has 4 heteroatoms. The Morgan fingerprint density at radius 2 is 2.21 bits per heavy atom. The van der Waals surface area contributed by atoms with Crippen LogP contribution in [0.5, 0.6) is 0 Å². The van der Waals surface area contributed by atoms with Gasteiger partial charge in [-0.05, 0) is 48.5 Å². The monoisotopic (exact) mass is 297 g/mol. The second-order valence-electron chi connectivity index (χ2n) is 4.46. The standard InChI is InChI=1S/C15H17ClFNS/c1-2-7-18-14(15-4-3-8-19-15)9-11-5-6-12(17)10-13(11)16/h3-6,8,10,14,18H,2,7,9H2,1H3. The lowest BCUT2D eigenvalue weighted by Gasteiger charge is -2.18. The zero-order valence-electron chi connectivity index (χ0n) is 10.8.